The fourth-order valence-corrected chi connectivity index (χ4v) is 1.83. The third-order valence-corrected chi connectivity index (χ3v) is 2.79. The van der Waals surface area contributed by atoms with E-state index in [9.17, 15) is 4.39 Å². The van der Waals surface area contributed by atoms with Gasteiger partial charge in [-0.2, -0.15) is 15.0 Å². The van der Waals surface area contributed by atoms with Crippen LogP contribution < -0.4 is 11.1 Å². The molecule has 104 valence electrons. The predicted octanol–water partition coefficient (Wildman–Crippen LogP) is 3.00. The van der Waals surface area contributed by atoms with Gasteiger partial charge in [0.2, 0.25) is 11.9 Å². The second-order valence-corrected chi connectivity index (χ2v) is 4.34. The second-order valence-electron chi connectivity index (χ2n) is 4.34. The van der Waals surface area contributed by atoms with Crippen LogP contribution in [0.15, 0.2) is 54.6 Å². The lowest BCUT2D eigenvalue weighted by atomic mass is 10.2. The molecule has 1 heterocycles. The van der Waals surface area contributed by atoms with Gasteiger partial charge >= 0.3 is 0 Å². The molecule has 21 heavy (non-hydrogen) atoms. The molecule has 0 aliphatic heterocycles. The number of nitrogens with two attached hydrogens (primary N) is 1. The van der Waals surface area contributed by atoms with E-state index in [2.05, 4.69) is 20.3 Å². The first-order valence-corrected chi connectivity index (χ1v) is 6.30. The lowest BCUT2D eigenvalue weighted by Crippen LogP contribution is -2.04. The topological polar surface area (TPSA) is 76.7 Å². The van der Waals surface area contributed by atoms with Gasteiger partial charge in [-0.25, -0.2) is 4.39 Å². The summed E-state index contributed by atoms with van der Waals surface area (Å²) in [5, 5.41) is 3.05. The largest absolute Gasteiger partial charge is 0.368 e. The van der Waals surface area contributed by atoms with Gasteiger partial charge in [-0.05, 0) is 36.4 Å². The van der Waals surface area contributed by atoms with Gasteiger partial charge in [-0.3, -0.25) is 0 Å². The molecule has 0 aliphatic rings. The molecule has 0 unspecified atom stereocenters. The maximum absolute atomic E-state index is 13.0. The molecule has 0 saturated heterocycles. The van der Waals surface area contributed by atoms with Crippen LogP contribution in [0.5, 0.6) is 0 Å². The summed E-state index contributed by atoms with van der Waals surface area (Å²) >= 11 is 0. The minimum Gasteiger partial charge on any atom is -0.368 e. The summed E-state index contributed by atoms with van der Waals surface area (Å²) in [5.74, 6) is 0.514. The SMILES string of the molecule is Nc1nc(Nc2ccccc2)nc(-c2ccc(F)cc2)n1. The number of aromatic nitrogens is 3. The number of benzene rings is 2. The molecule has 3 rings (SSSR count). The second kappa shape index (κ2) is 5.54. The molecule has 1 aromatic heterocycles. The van der Waals surface area contributed by atoms with Crippen LogP contribution in [0, 0.1) is 5.82 Å². The molecular formula is C15H12FN5. The highest BCUT2D eigenvalue weighted by molar-refractivity contribution is 5.60. The van der Waals surface area contributed by atoms with Gasteiger partial charge < -0.3 is 11.1 Å². The van der Waals surface area contributed by atoms with Crippen LogP contribution in [0.25, 0.3) is 11.4 Å². The van der Waals surface area contributed by atoms with Crippen LogP contribution in [0.3, 0.4) is 0 Å². The molecule has 5 nitrogen and oxygen atoms in total. The van der Waals surface area contributed by atoms with E-state index in [1.165, 1.54) is 12.1 Å². The van der Waals surface area contributed by atoms with Gasteiger partial charge in [0.15, 0.2) is 5.82 Å². The lowest BCUT2D eigenvalue weighted by Gasteiger charge is -2.07. The molecule has 0 atom stereocenters. The Balaban J connectivity index is 1.94. The molecular weight excluding hydrogens is 269 g/mol. The monoisotopic (exact) mass is 281 g/mol. The maximum atomic E-state index is 13.0. The van der Waals surface area contributed by atoms with E-state index < -0.39 is 0 Å². The Kier molecular flexibility index (Phi) is 3.42. The minimum atomic E-state index is -0.316. The molecule has 6 heteroatoms. The first-order valence-electron chi connectivity index (χ1n) is 6.30. The fourth-order valence-electron chi connectivity index (χ4n) is 1.83. The number of nitrogens with one attached hydrogen (secondary N) is 1. The van der Waals surface area contributed by atoms with Crippen molar-refractivity contribution < 1.29 is 4.39 Å². The number of hydrogen-bond donors (Lipinski definition) is 2. The molecule has 0 spiro atoms. The maximum Gasteiger partial charge on any atom is 0.232 e. The van der Waals surface area contributed by atoms with E-state index in [0.29, 0.717) is 17.3 Å². The van der Waals surface area contributed by atoms with Crippen molar-refractivity contribution in [1.82, 2.24) is 15.0 Å². The number of rotatable bonds is 3. The van der Waals surface area contributed by atoms with E-state index >= 15 is 0 Å². The third-order valence-electron chi connectivity index (χ3n) is 2.79. The average molecular weight is 281 g/mol. The zero-order valence-electron chi connectivity index (χ0n) is 11.0. The predicted molar refractivity (Wildman–Crippen MR) is 79.4 cm³/mol. The number of nitrogens with zero attached hydrogens (tertiary/aromatic N) is 3. The first kappa shape index (κ1) is 13.0. The van der Waals surface area contributed by atoms with Crippen molar-refractivity contribution in [3.8, 4) is 11.4 Å². The quantitative estimate of drug-likeness (QED) is 0.771. The molecule has 3 N–H and O–H groups in total. The van der Waals surface area contributed by atoms with Crippen molar-refractivity contribution in [2.75, 3.05) is 11.1 Å². The number of hydrogen-bond acceptors (Lipinski definition) is 5. The molecule has 0 fully saturated rings. The zero-order chi connectivity index (χ0) is 14.7. The molecule has 0 bridgehead atoms. The highest BCUT2D eigenvalue weighted by atomic mass is 19.1. The number of halogens is 1. The summed E-state index contributed by atoms with van der Waals surface area (Å²) in [6, 6.07) is 15.4. The summed E-state index contributed by atoms with van der Waals surface area (Å²) in [5.41, 5.74) is 7.21. The smallest absolute Gasteiger partial charge is 0.232 e. The van der Waals surface area contributed by atoms with Crippen molar-refractivity contribution in [3.63, 3.8) is 0 Å². The summed E-state index contributed by atoms with van der Waals surface area (Å²) in [7, 11) is 0. The molecule has 3 aromatic rings. The van der Waals surface area contributed by atoms with Crippen LogP contribution in [0.1, 0.15) is 0 Å². The summed E-state index contributed by atoms with van der Waals surface area (Å²) in [6.07, 6.45) is 0. The van der Waals surface area contributed by atoms with Crippen LogP contribution in [0.4, 0.5) is 22.0 Å². The van der Waals surface area contributed by atoms with Gasteiger partial charge in [0.1, 0.15) is 5.82 Å². The Hall–Kier alpha value is -3.02. The summed E-state index contributed by atoms with van der Waals surface area (Å²) < 4.78 is 13.0. The van der Waals surface area contributed by atoms with Gasteiger partial charge in [-0.15, -0.1) is 0 Å². The Labute approximate surface area is 120 Å². The van der Waals surface area contributed by atoms with Gasteiger partial charge in [0, 0.05) is 11.3 Å². The third kappa shape index (κ3) is 3.11. The number of anilines is 3. The lowest BCUT2D eigenvalue weighted by molar-refractivity contribution is 0.628. The zero-order valence-corrected chi connectivity index (χ0v) is 11.0. The molecule has 0 amide bonds. The van der Waals surface area contributed by atoms with Gasteiger partial charge in [-0.1, -0.05) is 18.2 Å². The van der Waals surface area contributed by atoms with Crippen LogP contribution in [-0.2, 0) is 0 Å². The first-order chi connectivity index (χ1) is 10.2. The Bertz CT molecular complexity index is 744. The highest BCUT2D eigenvalue weighted by Gasteiger charge is 2.07. The molecule has 0 radical (unpaired) electrons. The minimum absolute atomic E-state index is 0.0998. The molecule has 0 saturated carbocycles. The molecule has 0 aliphatic carbocycles. The highest BCUT2D eigenvalue weighted by Crippen LogP contribution is 2.19. The van der Waals surface area contributed by atoms with Gasteiger partial charge in [0.05, 0.1) is 0 Å². The van der Waals surface area contributed by atoms with Crippen molar-refractivity contribution in [3.05, 3.63) is 60.4 Å². The standard InChI is InChI=1S/C15H12FN5/c16-11-8-6-10(7-9-11)13-19-14(17)21-15(20-13)18-12-4-2-1-3-5-12/h1-9H,(H3,17,18,19,20,21). The van der Waals surface area contributed by atoms with E-state index in [-0.39, 0.29) is 11.8 Å². The fraction of sp³-hybridized carbons (Fsp3) is 0. The van der Waals surface area contributed by atoms with Gasteiger partial charge in [0.25, 0.3) is 0 Å². The number of nitrogen functional groups attached to an aromatic ring is 1. The number of para-hydroxylation sites is 1. The normalized spacial score (nSPS) is 10.3. The van der Waals surface area contributed by atoms with Crippen molar-refractivity contribution >= 4 is 17.6 Å². The van der Waals surface area contributed by atoms with Crippen LogP contribution in [-0.4, -0.2) is 15.0 Å². The Morgan fingerprint density at radius 2 is 1.57 bits per heavy atom. The van der Waals surface area contributed by atoms with E-state index in [4.69, 9.17) is 5.73 Å². The van der Waals surface area contributed by atoms with Crippen molar-refractivity contribution in [2.45, 2.75) is 0 Å². The van der Waals surface area contributed by atoms with E-state index in [1.54, 1.807) is 12.1 Å². The Morgan fingerprint density at radius 1 is 0.857 bits per heavy atom. The summed E-state index contributed by atoms with van der Waals surface area (Å²) in [4.78, 5) is 12.4. The van der Waals surface area contributed by atoms with E-state index in [0.717, 1.165) is 5.69 Å². The Morgan fingerprint density at radius 3 is 2.29 bits per heavy atom. The van der Waals surface area contributed by atoms with Crippen LogP contribution >= 0.6 is 0 Å². The summed E-state index contributed by atoms with van der Waals surface area (Å²) in [6.45, 7) is 0. The molecule has 2 aromatic carbocycles. The average Bonchev–Trinajstić information content (AvgIpc) is 2.48. The van der Waals surface area contributed by atoms with E-state index in [1.807, 2.05) is 30.3 Å². The van der Waals surface area contributed by atoms with Crippen molar-refractivity contribution in [1.29, 1.82) is 0 Å². The van der Waals surface area contributed by atoms with Crippen molar-refractivity contribution in [2.24, 2.45) is 0 Å². The van der Waals surface area contributed by atoms with Crippen LogP contribution in [0.2, 0.25) is 0 Å².